The Hall–Kier alpha value is -3.83. The third-order valence-corrected chi connectivity index (χ3v) is 9.00. The number of benzene rings is 4. The molecule has 0 aromatic heterocycles. The number of hydrogen-bond acceptors (Lipinski definition) is 3. The normalized spacial score (nSPS) is 25.0. The van der Waals surface area contributed by atoms with Gasteiger partial charge in [-0.25, -0.2) is 4.90 Å². The number of hydrogen-bond donors (Lipinski definition) is 0. The van der Waals surface area contributed by atoms with Crippen molar-refractivity contribution < 1.29 is 9.59 Å². The predicted octanol–water partition coefficient (Wildman–Crippen LogP) is 7.02. The Morgan fingerprint density at radius 2 is 1.50 bits per heavy atom. The molecule has 4 aromatic carbocycles. The minimum absolute atomic E-state index is 0.124. The zero-order valence-electron chi connectivity index (χ0n) is 21.1. The number of anilines is 1. The zero-order valence-corrected chi connectivity index (χ0v) is 22.6. The largest absolute Gasteiger partial charge is 0.274 e. The van der Waals surface area contributed by atoms with Crippen LogP contribution in [0, 0.1) is 25.7 Å². The number of carbonyl (C=O) groups is 2. The van der Waals surface area contributed by atoms with Crippen molar-refractivity contribution >= 4 is 45.3 Å². The lowest BCUT2D eigenvalue weighted by atomic mass is 9.47. The highest BCUT2D eigenvalue weighted by Crippen LogP contribution is 2.63. The van der Waals surface area contributed by atoms with Crippen molar-refractivity contribution in [3.05, 3.63) is 129 Å². The topological polar surface area (TPSA) is 49.7 Å². The minimum atomic E-state index is -0.866. The van der Waals surface area contributed by atoms with Crippen LogP contribution in [0.5, 0.6) is 0 Å². The first-order chi connectivity index (χ1) is 18.4. The molecule has 4 nitrogen and oxygen atoms in total. The summed E-state index contributed by atoms with van der Waals surface area (Å²) in [6, 6.07) is 30.3. The molecule has 0 spiro atoms. The molecule has 0 unspecified atom stereocenters. The Bertz CT molecular complexity index is 1640. The van der Waals surface area contributed by atoms with E-state index in [9.17, 15) is 9.59 Å². The van der Waals surface area contributed by atoms with Gasteiger partial charge in [-0.1, -0.05) is 88.2 Å². The van der Waals surface area contributed by atoms with Crippen LogP contribution in [0.25, 0.3) is 0 Å². The van der Waals surface area contributed by atoms with Crippen molar-refractivity contribution in [1.29, 1.82) is 0 Å². The second-order valence-electron chi connectivity index (χ2n) is 10.6. The van der Waals surface area contributed by atoms with Gasteiger partial charge in [-0.05, 0) is 65.9 Å². The predicted molar refractivity (Wildman–Crippen MR) is 153 cm³/mol. The molecule has 38 heavy (non-hydrogen) atoms. The molecule has 0 N–H and O–H groups in total. The fourth-order valence-corrected chi connectivity index (χ4v) is 7.46. The molecule has 3 aliphatic carbocycles. The highest BCUT2D eigenvalue weighted by Gasteiger charge is 2.68. The van der Waals surface area contributed by atoms with Crippen LogP contribution in [-0.4, -0.2) is 18.0 Å². The lowest BCUT2D eigenvalue weighted by molar-refractivity contribution is -0.122. The zero-order chi connectivity index (χ0) is 26.2. The van der Waals surface area contributed by atoms with E-state index in [2.05, 4.69) is 40.2 Å². The van der Waals surface area contributed by atoms with Crippen LogP contribution >= 0.6 is 15.9 Å². The van der Waals surface area contributed by atoms with E-state index in [0.29, 0.717) is 5.69 Å². The van der Waals surface area contributed by atoms with Gasteiger partial charge in [0.25, 0.3) is 0 Å². The molecule has 2 amide bonds. The fourth-order valence-electron chi connectivity index (χ4n) is 7.08. The first-order valence-electron chi connectivity index (χ1n) is 12.9. The van der Waals surface area contributed by atoms with Gasteiger partial charge in [-0.3, -0.25) is 14.6 Å². The average Bonchev–Trinajstić information content (AvgIpc) is 3.18. The van der Waals surface area contributed by atoms with Crippen molar-refractivity contribution in [3.8, 4) is 0 Å². The summed E-state index contributed by atoms with van der Waals surface area (Å²) in [5, 5.41) is 0. The summed E-state index contributed by atoms with van der Waals surface area (Å²) in [5.74, 6) is -1.54. The molecule has 0 radical (unpaired) electrons. The van der Waals surface area contributed by atoms with E-state index in [1.54, 1.807) is 0 Å². The molecule has 5 heteroatoms. The fraction of sp³-hybridized carbons (Fsp3) is 0.182. The lowest BCUT2D eigenvalue weighted by Gasteiger charge is -2.52. The highest BCUT2D eigenvalue weighted by atomic mass is 79.9. The molecule has 4 aromatic rings. The third-order valence-electron chi connectivity index (χ3n) is 8.50. The van der Waals surface area contributed by atoms with Crippen molar-refractivity contribution in [3.63, 3.8) is 0 Å². The maximum Gasteiger partial charge on any atom is 0.239 e. The van der Waals surface area contributed by atoms with Crippen molar-refractivity contribution in [2.24, 2.45) is 16.8 Å². The summed E-state index contributed by atoms with van der Waals surface area (Å²) < 4.78 is 0.934. The standard InChI is InChI=1S/C33H25BrN2O2/c1-19-14-15-27(20(2)16-19)36-31(37)29-28-23-10-3-5-12-25(23)33(30(29)32(36)38,26-13-6-4-11-24(26)28)18-35-22-9-7-8-21(34)17-22/h3-18,28-30H,1-2H3/t28?,29-,30+,33?/m0/s1. The van der Waals surface area contributed by atoms with Crippen LogP contribution in [-0.2, 0) is 15.0 Å². The molecule has 4 aliphatic rings. The monoisotopic (exact) mass is 560 g/mol. The third kappa shape index (κ3) is 3.05. The number of aryl methyl sites for hydroxylation is 2. The molecule has 1 aliphatic heterocycles. The van der Waals surface area contributed by atoms with Crippen LogP contribution in [0.15, 0.2) is 100 Å². The first kappa shape index (κ1) is 23.3. The van der Waals surface area contributed by atoms with Crippen LogP contribution in [0.3, 0.4) is 0 Å². The van der Waals surface area contributed by atoms with Crippen molar-refractivity contribution in [2.75, 3.05) is 4.90 Å². The number of imide groups is 1. The Kier molecular flexibility index (Phi) is 5.11. The van der Waals surface area contributed by atoms with E-state index in [1.165, 1.54) is 4.90 Å². The van der Waals surface area contributed by atoms with E-state index in [0.717, 1.165) is 43.5 Å². The van der Waals surface area contributed by atoms with E-state index < -0.39 is 17.3 Å². The van der Waals surface area contributed by atoms with Gasteiger partial charge in [0.1, 0.15) is 0 Å². The highest BCUT2D eigenvalue weighted by molar-refractivity contribution is 9.10. The molecule has 2 atom stereocenters. The number of nitrogens with zero attached hydrogens (tertiary/aromatic N) is 2. The van der Waals surface area contributed by atoms with E-state index in [-0.39, 0.29) is 17.7 Å². The smallest absolute Gasteiger partial charge is 0.239 e. The molecular weight excluding hydrogens is 536 g/mol. The summed E-state index contributed by atoms with van der Waals surface area (Å²) in [7, 11) is 0. The van der Waals surface area contributed by atoms with Crippen molar-refractivity contribution in [2.45, 2.75) is 25.2 Å². The molecule has 1 saturated heterocycles. The van der Waals surface area contributed by atoms with E-state index in [1.807, 2.05) is 86.8 Å². The summed E-state index contributed by atoms with van der Waals surface area (Å²) in [5.41, 5.74) is 6.95. The van der Waals surface area contributed by atoms with Gasteiger partial charge in [0.05, 0.1) is 28.6 Å². The van der Waals surface area contributed by atoms with Crippen LogP contribution < -0.4 is 4.90 Å². The second kappa shape index (κ2) is 8.34. The molecule has 2 bridgehead atoms. The van der Waals surface area contributed by atoms with Gasteiger partial charge >= 0.3 is 0 Å². The quantitative estimate of drug-likeness (QED) is 0.199. The Balaban J connectivity index is 1.51. The van der Waals surface area contributed by atoms with Crippen LogP contribution in [0.4, 0.5) is 11.4 Å². The van der Waals surface area contributed by atoms with Gasteiger partial charge in [0, 0.05) is 16.6 Å². The molecule has 186 valence electrons. The maximum absolute atomic E-state index is 14.5. The van der Waals surface area contributed by atoms with Gasteiger partial charge < -0.3 is 0 Å². The number of carbonyl (C=O) groups excluding carboxylic acids is 2. The Morgan fingerprint density at radius 3 is 2.16 bits per heavy atom. The molecule has 8 rings (SSSR count). The average molecular weight is 561 g/mol. The molecule has 1 fully saturated rings. The van der Waals surface area contributed by atoms with Gasteiger partial charge in [-0.15, -0.1) is 0 Å². The summed E-state index contributed by atoms with van der Waals surface area (Å²) >= 11 is 3.55. The molecule has 0 saturated carbocycles. The Morgan fingerprint density at radius 1 is 0.816 bits per heavy atom. The minimum Gasteiger partial charge on any atom is -0.274 e. The summed E-state index contributed by atoms with van der Waals surface area (Å²) in [6.07, 6.45) is 1.94. The van der Waals surface area contributed by atoms with Gasteiger partial charge in [0.2, 0.25) is 11.8 Å². The molecule has 1 heterocycles. The van der Waals surface area contributed by atoms with Crippen molar-refractivity contribution in [1.82, 2.24) is 0 Å². The van der Waals surface area contributed by atoms with E-state index in [4.69, 9.17) is 4.99 Å². The van der Waals surface area contributed by atoms with Crippen LogP contribution in [0.1, 0.15) is 39.3 Å². The van der Waals surface area contributed by atoms with Crippen LogP contribution in [0.2, 0.25) is 0 Å². The Labute approximate surface area is 230 Å². The number of aliphatic imine (C=N–C) groups is 1. The lowest BCUT2D eigenvalue weighted by Crippen LogP contribution is -2.54. The maximum atomic E-state index is 14.5. The number of rotatable bonds is 3. The second-order valence-corrected chi connectivity index (χ2v) is 11.5. The number of amides is 2. The summed E-state index contributed by atoms with van der Waals surface area (Å²) in [6.45, 7) is 3.98. The molecular formula is C33H25BrN2O2. The number of halogens is 1. The first-order valence-corrected chi connectivity index (χ1v) is 13.7. The SMILES string of the molecule is Cc1ccc(N2C(=O)[C@H]3C4c5ccccc5C(C=Nc5cccc(Br)c5)(c5ccccc54)[C@H]3C2=O)c(C)c1. The van der Waals surface area contributed by atoms with Gasteiger partial charge in [-0.2, -0.15) is 0 Å². The van der Waals surface area contributed by atoms with E-state index >= 15 is 0 Å². The summed E-state index contributed by atoms with van der Waals surface area (Å²) in [4.78, 5) is 35.2. The van der Waals surface area contributed by atoms with Gasteiger partial charge in [0.15, 0.2) is 0 Å².